The zero-order chi connectivity index (χ0) is 22.3. The second-order valence-corrected chi connectivity index (χ2v) is 8.58. The number of ether oxygens (including phenoxy) is 2. The molecule has 1 unspecified atom stereocenters. The van der Waals surface area contributed by atoms with Crippen LogP contribution in [0.4, 0.5) is 0 Å². The maximum atomic E-state index is 12.7. The van der Waals surface area contributed by atoms with Crippen LogP contribution in [0.25, 0.3) is 0 Å². The Labute approximate surface area is 188 Å². The van der Waals surface area contributed by atoms with Crippen LogP contribution in [-0.2, 0) is 27.4 Å². The predicted molar refractivity (Wildman–Crippen MR) is 119 cm³/mol. The highest BCUT2D eigenvalue weighted by Gasteiger charge is 2.28. The van der Waals surface area contributed by atoms with E-state index in [1.807, 2.05) is 30.3 Å². The van der Waals surface area contributed by atoms with Gasteiger partial charge in [-0.2, -0.15) is 5.10 Å². The van der Waals surface area contributed by atoms with E-state index in [9.17, 15) is 9.59 Å². The number of carbonyl (C=O) groups excluding carboxylic acids is 1. The van der Waals surface area contributed by atoms with Gasteiger partial charge in [-0.05, 0) is 31.9 Å². The second-order valence-electron chi connectivity index (χ2n) is 8.58. The number of piperidine rings is 1. The molecule has 3 heterocycles. The van der Waals surface area contributed by atoms with Gasteiger partial charge in [0, 0.05) is 26.2 Å². The minimum absolute atomic E-state index is 0.104. The lowest BCUT2D eigenvalue weighted by molar-refractivity contribution is -0.125. The first-order valence-electron chi connectivity index (χ1n) is 11.5. The molecule has 1 amide bonds. The molecular weight excluding hydrogens is 410 g/mol. The number of nitrogens with zero attached hydrogens (tertiary/aromatic N) is 4. The lowest BCUT2D eigenvalue weighted by atomic mass is 10.1. The average Bonchev–Trinajstić information content (AvgIpc) is 3.12. The molecular formula is C23H33N5O4. The molecule has 9 nitrogen and oxygen atoms in total. The topological polar surface area (TPSA) is 90.6 Å². The Morgan fingerprint density at radius 3 is 2.78 bits per heavy atom. The van der Waals surface area contributed by atoms with E-state index in [2.05, 4.69) is 22.4 Å². The number of aromatic nitrogens is 3. The molecule has 1 saturated heterocycles. The second kappa shape index (κ2) is 10.9. The summed E-state index contributed by atoms with van der Waals surface area (Å²) in [4.78, 5) is 27.5. The van der Waals surface area contributed by atoms with Crippen molar-refractivity contribution in [3.63, 3.8) is 0 Å². The van der Waals surface area contributed by atoms with Crippen LogP contribution < -0.4 is 11.0 Å². The third kappa shape index (κ3) is 5.85. The van der Waals surface area contributed by atoms with Crippen molar-refractivity contribution < 1.29 is 14.3 Å². The summed E-state index contributed by atoms with van der Waals surface area (Å²) >= 11 is 0. The van der Waals surface area contributed by atoms with Crippen molar-refractivity contribution in [2.24, 2.45) is 0 Å². The number of likely N-dealkylation sites (tertiary alicyclic amines) is 1. The van der Waals surface area contributed by atoms with Crippen LogP contribution in [0.2, 0.25) is 0 Å². The van der Waals surface area contributed by atoms with Crippen LogP contribution in [0.15, 0.2) is 35.1 Å². The molecule has 0 radical (unpaired) electrons. The van der Waals surface area contributed by atoms with Crippen LogP contribution >= 0.6 is 0 Å². The summed E-state index contributed by atoms with van der Waals surface area (Å²) in [5.41, 5.74) is 0.839. The largest absolute Gasteiger partial charge is 0.378 e. The van der Waals surface area contributed by atoms with Gasteiger partial charge in [0.05, 0.1) is 32.2 Å². The van der Waals surface area contributed by atoms with Crippen molar-refractivity contribution in [2.75, 3.05) is 39.9 Å². The Bertz CT molecular complexity index is 934. The number of amides is 1. The molecule has 0 saturated carbocycles. The molecule has 1 atom stereocenters. The van der Waals surface area contributed by atoms with Crippen molar-refractivity contribution in [1.29, 1.82) is 0 Å². The SMILES string of the molecule is CN1CCC(OCCCNC(=O)CC2OCCn3c2nn(Cc2ccccc2)c3=O)CC1. The first-order valence-corrected chi connectivity index (χ1v) is 11.5. The van der Waals surface area contributed by atoms with Gasteiger partial charge in [0.15, 0.2) is 5.82 Å². The van der Waals surface area contributed by atoms with Gasteiger partial charge in [0.2, 0.25) is 5.91 Å². The highest BCUT2D eigenvalue weighted by Crippen LogP contribution is 2.22. The smallest absolute Gasteiger partial charge is 0.346 e. The fourth-order valence-corrected chi connectivity index (χ4v) is 4.22. The molecule has 4 rings (SSSR count). The Hall–Kier alpha value is -2.49. The maximum absolute atomic E-state index is 12.7. The number of nitrogens with one attached hydrogen (secondary N) is 1. The van der Waals surface area contributed by atoms with Gasteiger partial charge in [-0.1, -0.05) is 30.3 Å². The molecule has 32 heavy (non-hydrogen) atoms. The minimum atomic E-state index is -0.510. The molecule has 0 spiro atoms. The molecule has 2 aliphatic rings. The van der Waals surface area contributed by atoms with Crippen LogP contribution in [0, 0.1) is 0 Å². The number of hydrogen-bond donors (Lipinski definition) is 1. The van der Waals surface area contributed by atoms with Gasteiger partial charge in [0.25, 0.3) is 0 Å². The van der Waals surface area contributed by atoms with E-state index in [1.54, 1.807) is 4.57 Å². The molecule has 1 fully saturated rings. The van der Waals surface area contributed by atoms with E-state index in [-0.39, 0.29) is 18.0 Å². The first-order chi connectivity index (χ1) is 15.6. The van der Waals surface area contributed by atoms with Crippen LogP contribution in [0.1, 0.15) is 43.2 Å². The zero-order valence-electron chi connectivity index (χ0n) is 18.7. The number of carbonyl (C=O) groups is 1. The highest BCUT2D eigenvalue weighted by atomic mass is 16.5. The van der Waals surface area contributed by atoms with E-state index in [4.69, 9.17) is 9.47 Å². The van der Waals surface area contributed by atoms with E-state index in [0.29, 0.717) is 44.8 Å². The van der Waals surface area contributed by atoms with Crippen molar-refractivity contribution >= 4 is 5.91 Å². The van der Waals surface area contributed by atoms with Crippen molar-refractivity contribution in [3.05, 3.63) is 52.2 Å². The van der Waals surface area contributed by atoms with Gasteiger partial charge in [-0.15, -0.1) is 0 Å². The van der Waals surface area contributed by atoms with Crippen molar-refractivity contribution in [1.82, 2.24) is 24.6 Å². The minimum Gasteiger partial charge on any atom is -0.378 e. The number of benzene rings is 1. The molecule has 2 aliphatic heterocycles. The Kier molecular flexibility index (Phi) is 7.72. The molecule has 1 N–H and O–H groups in total. The van der Waals surface area contributed by atoms with Crippen LogP contribution in [0.5, 0.6) is 0 Å². The fourth-order valence-electron chi connectivity index (χ4n) is 4.22. The standard InChI is InChI=1S/C23H33N5O4/c1-26-11-8-19(9-12-26)31-14-5-10-24-21(29)16-20-22-25-28(17-18-6-3-2-4-7-18)23(30)27(22)13-15-32-20/h2-4,6-7,19-20H,5,8-17H2,1H3,(H,24,29). The summed E-state index contributed by atoms with van der Waals surface area (Å²) in [5.74, 6) is 0.422. The molecule has 0 aliphatic carbocycles. The molecule has 0 bridgehead atoms. The maximum Gasteiger partial charge on any atom is 0.346 e. The van der Waals surface area contributed by atoms with E-state index in [0.717, 1.165) is 37.9 Å². The quantitative estimate of drug-likeness (QED) is 0.585. The molecule has 1 aromatic heterocycles. The normalized spacial score (nSPS) is 19.6. The zero-order valence-corrected chi connectivity index (χ0v) is 18.7. The Balaban J connectivity index is 1.24. The van der Waals surface area contributed by atoms with Crippen molar-refractivity contribution in [2.45, 2.75) is 51.0 Å². The summed E-state index contributed by atoms with van der Waals surface area (Å²) < 4.78 is 14.8. The summed E-state index contributed by atoms with van der Waals surface area (Å²) in [7, 11) is 2.13. The van der Waals surface area contributed by atoms with Gasteiger partial charge in [-0.25, -0.2) is 9.48 Å². The summed E-state index contributed by atoms with van der Waals surface area (Å²) in [6.45, 7) is 4.62. The van der Waals surface area contributed by atoms with E-state index in [1.165, 1.54) is 4.68 Å². The van der Waals surface area contributed by atoms with Gasteiger partial charge < -0.3 is 19.7 Å². The fraction of sp³-hybridized carbons (Fsp3) is 0.609. The van der Waals surface area contributed by atoms with E-state index >= 15 is 0 Å². The number of rotatable bonds is 9. The summed E-state index contributed by atoms with van der Waals surface area (Å²) in [6.07, 6.45) is 2.89. The van der Waals surface area contributed by atoms with Gasteiger partial charge in [-0.3, -0.25) is 9.36 Å². The third-order valence-corrected chi connectivity index (χ3v) is 6.08. The molecule has 2 aromatic rings. The lowest BCUT2D eigenvalue weighted by Crippen LogP contribution is -2.35. The monoisotopic (exact) mass is 443 g/mol. The molecule has 9 heteroatoms. The Morgan fingerprint density at radius 2 is 2.00 bits per heavy atom. The third-order valence-electron chi connectivity index (χ3n) is 6.08. The summed E-state index contributed by atoms with van der Waals surface area (Å²) in [5, 5.41) is 7.42. The number of fused-ring (bicyclic) bond motifs is 1. The van der Waals surface area contributed by atoms with Gasteiger partial charge >= 0.3 is 5.69 Å². The van der Waals surface area contributed by atoms with Crippen LogP contribution in [0.3, 0.4) is 0 Å². The average molecular weight is 444 g/mol. The molecule has 1 aromatic carbocycles. The highest BCUT2D eigenvalue weighted by molar-refractivity contribution is 5.76. The number of hydrogen-bond acceptors (Lipinski definition) is 6. The first kappa shape index (κ1) is 22.7. The van der Waals surface area contributed by atoms with E-state index < -0.39 is 6.10 Å². The van der Waals surface area contributed by atoms with Gasteiger partial charge in [0.1, 0.15) is 6.10 Å². The summed E-state index contributed by atoms with van der Waals surface area (Å²) in [6, 6.07) is 9.73. The Morgan fingerprint density at radius 1 is 1.22 bits per heavy atom. The molecule has 174 valence electrons. The predicted octanol–water partition coefficient (Wildman–Crippen LogP) is 1.17. The lowest BCUT2D eigenvalue weighted by Gasteiger charge is -2.28. The van der Waals surface area contributed by atoms with Crippen molar-refractivity contribution in [3.8, 4) is 0 Å². The van der Waals surface area contributed by atoms with Crippen LogP contribution in [-0.4, -0.2) is 71.2 Å².